The fourth-order valence-corrected chi connectivity index (χ4v) is 2.67. The summed E-state index contributed by atoms with van der Waals surface area (Å²) in [5.41, 5.74) is 7.16. The van der Waals surface area contributed by atoms with E-state index in [9.17, 15) is 9.18 Å². The van der Waals surface area contributed by atoms with Gasteiger partial charge in [0.05, 0.1) is 5.69 Å². The lowest BCUT2D eigenvalue weighted by atomic mass is 10.0. The minimum Gasteiger partial charge on any atom is -0.322 e. The summed E-state index contributed by atoms with van der Waals surface area (Å²) in [5.74, 6) is -0.752. The number of halogens is 2. The van der Waals surface area contributed by atoms with Crippen LogP contribution in [0.1, 0.15) is 18.0 Å². The predicted octanol–water partition coefficient (Wildman–Crippen LogP) is 2.53. The summed E-state index contributed by atoms with van der Waals surface area (Å²) < 4.78 is 14.4. The number of carbonyl (C=O) groups is 1. The van der Waals surface area contributed by atoms with Crippen LogP contribution in [-0.2, 0) is 4.79 Å². The maximum atomic E-state index is 13.8. The Hall–Kier alpha value is -1.83. The average Bonchev–Trinajstić information content (AvgIpc) is 3.01. The molecule has 3 rings (SSSR count). The highest BCUT2D eigenvalue weighted by atomic mass is 79.9. The van der Waals surface area contributed by atoms with Gasteiger partial charge in [-0.25, -0.2) is 15.2 Å². The summed E-state index contributed by atoms with van der Waals surface area (Å²) in [5, 5.41) is 2.60. The number of aromatic nitrogens is 1. The van der Waals surface area contributed by atoms with Crippen LogP contribution in [0.15, 0.2) is 47.2 Å². The number of pyridine rings is 1. The van der Waals surface area contributed by atoms with Crippen molar-refractivity contribution in [1.82, 2.24) is 15.8 Å². The fraction of sp³-hybridized carbons (Fsp3) is 0.200. The second-order valence-electron chi connectivity index (χ2n) is 5.03. The summed E-state index contributed by atoms with van der Waals surface area (Å²) in [7, 11) is 0. The van der Waals surface area contributed by atoms with Crippen molar-refractivity contribution in [1.29, 1.82) is 0 Å². The molecule has 1 fully saturated rings. The molecule has 1 saturated heterocycles. The number of hydrazine groups is 1. The highest BCUT2D eigenvalue weighted by molar-refractivity contribution is 9.10. The molecule has 5 nitrogen and oxygen atoms in total. The van der Waals surface area contributed by atoms with Gasteiger partial charge in [-0.1, -0.05) is 22.0 Å². The molecule has 2 heterocycles. The summed E-state index contributed by atoms with van der Waals surface area (Å²) in [6, 6.07) is 7.87. The Kier molecular flexibility index (Phi) is 4.47. The van der Waals surface area contributed by atoms with Crippen molar-refractivity contribution in [2.45, 2.75) is 18.5 Å². The molecule has 1 aromatic heterocycles. The Morgan fingerprint density at radius 2 is 2.23 bits per heavy atom. The smallest absolute Gasteiger partial charge is 0.243 e. The third-order valence-corrected chi connectivity index (χ3v) is 3.99. The second-order valence-corrected chi connectivity index (χ2v) is 5.95. The number of hydrogen-bond donors (Lipinski definition) is 3. The van der Waals surface area contributed by atoms with Crippen molar-refractivity contribution in [2.75, 3.05) is 5.32 Å². The first kappa shape index (κ1) is 15.1. The summed E-state index contributed by atoms with van der Waals surface area (Å²) in [4.78, 5) is 16.3. The van der Waals surface area contributed by atoms with Crippen molar-refractivity contribution in [3.8, 4) is 0 Å². The van der Waals surface area contributed by atoms with E-state index >= 15 is 0 Å². The van der Waals surface area contributed by atoms with Crippen LogP contribution in [0.4, 0.5) is 10.1 Å². The standard InChI is InChI=1S/C15H14BrFN4O/c16-10-3-4-12(11(17)6-10)19-15(22)14-7-13(20-21-14)9-2-1-5-18-8-9/h1-6,8,13-14,20-21H,7H2,(H,19,22). The van der Waals surface area contributed by atoms with Crippen LogP contribution in [0.25, 0.3) is 0 Å². The Balaban J connectivity index is 1.64. The lowest BCUT2D eigenvalue weighted by Gasteiger charge is -2.11. The molecule has 114 valence electrons. The Morgan fingerprint density at radius 3 is 2.95 bits per heavy atom. The van der Waals surface area contributed by atoms with Crippen molar-refractivity contribution in [2.24, 2.45) is 0 Å². The van der Waals surface area contributed by atoms with Crippen LogP contribution >= 0.6 is 15.9 Å². The Labute approximate surface area is 135 Å². The molecular formula is C15H14BrFN4O. The molecule has 2 atom stereocenters. The van der Waals surface area contributed by atoms with E-state index in [1.54, 1.807) is 18.5 Å². The van der Waals surface area contributed by atoms with E-state index in [1.807, 2.05) is 12.1 Å². The van der Waals surface area contributed by atoms with Gasteiger partial charge in [0.1, 0.15) is 11.9 Å². The summed E-state index contributed by atoms with van der Waals surface area (Å²) >= 11 is 3.18. The molecule has 0 radical (unpaired) electrons. The maximum absolute atomic E-state index is 13.8. The second kappa shape index (κ2) is 6.51. The SMILES string of the molecule is O=C(Nc1ccc(Br)cc1F)C1CC(c2cccnc2)NN1. The first-order chi connectivity index (χ1) is 10.6. The van der Waals surface area contributed by atoms with Gasteiger partial charge in [-0.3, -0.25) is 9.78 Å². The molecule has 2 unspecified atom stereocenters. The monoisotopic (exact) mass is 364 g/mol. The van der Waals surface area contributed by atoms with Gasteiger partial charge in [0, 0.05) is 22.9 Å². The fourth-order valence-electron chi connectivity index (χ4n) is 2.34. The molecule has 1 aliphatic rings. The van der Waals surface area contributed by atoms with Gasteiger partial charge in [0.15, 0.2) is 0 Å². The third-order valence-electron chi connectivity index (χ3n) is 3.50. The van der Waals surface area contributed by atoms with Crippen LogP contribution < -0.4 is 16.2 Å². The predicted molar refractivity (Wildman–Crippen MR) is 84.4 cm³/mol. The van der Waals surface area contributed by atoms with Gasteiger partial charge in [0.2, 0.25) is 5.91 Å². The van der Waals surface area contributed by atoms with Crippen molar-refractivity contribution >= 4 is 27.5 Å². The molecule has 3 N–H and O–H groups in total. The first-order valence-corrected chi connectivity index (χ1v) is 7.59. The zero-order chi connectivity index (χ0) is 15.5. The van der Waals surface area contributed by atoms with Crippen LogP contribution in [0.2, 0.25) is 0 Å². The number of nitrogens with one attached hydrogen (secondary N) is 3. The summed E-state index contributed by atoms with van der Waals surface area (Å²) in [6.45, 7) is 0. The molecule has 0 aliphatic carbocycles. The van der Waals surface area contributed by atoms with Gasteiger partial charge < -0.3 is 5.32 Å². The van der Waals surface area contributed by atoms with Crippen molar-refractivity contribution in [3.05, 3.63) is 58.6 Å². The van der Waals surface area contributed by atoms with Gasteiger partial charge in [-0.2, -0.15) is 0 Å². The molecule has 7 heteroatoms. The Bertz CT molecular complexity index is 682. The third kappa shape index (κ3) is 3.32. The van der Waals surface area contributed by atoms with Crippen molar-refractivity contribution in [3.63, 3.8) is 0 Å². The number of nitrogens with zero attached hydrogens (tertiary/aromatic N) is 1. The molecule has 0 bridgehead atoms. The minimum atomic E-state index is -0.475. The zero-order valence-corrected chi connectivity index (χ0v) is 13.1. The zero-order valence-electron chi connectivity index (χ0n) is 11.5. The van der Waals surface area contributed by atoms with Gasteiger partial charge in [-0.05, 0) is 36.2 Å². The molecule has 1 aliphatic heterocycles. The topological polar surface area (TPSA) is 66.0 Å². The van der Waals surface area contributed by atoms with Crippen molar-refractivity contribution < 1.29 is 9.18 Å². The van der Waals surface area contributed by atoms with E-state index in [0.29, 0.717) is 10.9 Å². The van der Waals surface area contributed by atoms with E-state index in [4.69, 9.17) is 0 Å². The van der Waals surface area contributed by atoms with Gasteiger partial charge in [-0.15, -0.1) is 0 Å². The highest BCUT2D eigenvalue weighted by Crippen LogP contribution is 2.23. The quantitative estimate of drug-likeness (QED) is 0.782. The van der Waals surface area contributed by atoms with E-state index < -0.39 is 11.9 Å². The van der Waals surface area contributed by atoms with Crippen LogP contribution in [0.5, 0.6) is 0 Å². The molecular weight excluding hydrogens is 351 g/mol. The summed E-state index contributed by atoms with van der Waals surface area (Å²) in [6.07, 6.45) is 4.02. The van der Waals surface area contributed by atoms with E-state index in [0.717, 1.165) is 5.56 Å². The molecule has 1 amide bonds. The van der Waals surface area contributed by atoms with Crippen LogP contribution in [-0.4, -0.2) is 16.9 Å². The number of amides is 1. The molecule has 0 spiro atoms. The lowest BCUT2D eigenvalue weighted by Crippen LogP contribution is -2.39. The van der Waals surface area contributed by atoms with Gasteiger partial charge in [0.25, 0.3) is 0 Å². The molecule has 2 aromatic rings. The van der Waals surface area contributed by atoms with E-state index in [2.05, 4.69) is 37.1 Å². The number of hydrogen-bond acceptors (Lipinski definition) is 4. The average molecular weight is 365 g/mol. The number of anilines is 1. The minimum absolute atomic E-state index is 0.000727. The lowest BCUT2D eigenvalue weighted by molar-refractivity contribution is -0.117. The molecule has 0 saturated carbocycles. The number of rotatable bonds is 3. The van der Waals surface area contributed by atoms with Crippen LogP contribution in [0, 0.1) is 5.82 Å². The van der Waals surface area contributed by atoms with E-state index in [-0.39, 0.29) is 17.6 Å². The number of benzene rings is 1. The van der Waals surface area contributed by atoms with Crippen LogP contribution in [0.3, 0.4) is 0 Å². The highest BCUT2D eigenvalue weighted by Gasteiger charge is 2.30. The molecule has 1 aromatic carbocycles. The normalized spacial score (nSPS) is 20.8. The number of carbonyl (C=O) groups excluding carboxylic acids is 1. The maximum Gasteiger partial charge on any atom is 0.243 e. The Morgan fingerprint density at radius 1 is 1.36 bits per heavy atom. The van der Waals surface area contributed by atoms with Gasteiger partial charge >= 0.3 is 0 Å². The first-order valence-electron chi connectivity index (χ1n) is 6.80. The largest absolute Gasteiger partial charge is 0.322 e. The molecule has 22 heavy (non-hydrogen) atoms. The van der Waals surface area contributed by atoms with E-state index in [1.165, 1.54) is 12.1 Å².